The Bertz CT molecular complexity index is 804. The highest BCUT2D eigenvalue weighted by Gasteiger charge is 2.34. The summed E-state index contributed by atoms with van der Waals surface area (Å²) >= 11 is 0. The Morgan fingerprint density at radius 2 is 2.08 bits per heavy atom. The number of nitrogens with zero attached hydrogens (tertiary/aromatic N) is 3. The maximum atomic E-state index is 12.7. The van der Waals surface area contributed by atoms with Crippen molar-refractivity contribution in [1.29, 1.82) is 0 Å². The third kappa shape index (κ3) is 3.26. The number of rotatable bonds is 4. The van der Waals surface area contributed by atoms with E-state index < -0.39 is 0 Å². The molecule has 26 heavy (non-hydrogen) atoms. The highest BCUT2D eigenvalue weighted by atomic mass is 16.5. The zero-order chi connectivity index (χ0) is 18.1. The molecule has 1 saturated heterocycles. The molecule has 0 aliphatic carbocycles. The van der Waals surface area contributed by atoms with Gasteiger partial charge in [0.1, 0.15) is 0 Å². The van der Waals surface area contributed by atoms with Crippen LogP contribution in [0.15, 0.2) is 30.6 Å². The monoisotopic (exact) mass is 356 g/mol. The maximum Gasteiger partial charge on any atom is 0.244 e. The second-order valence-electron chi connectivity index (χ2n) is 6.85. The van der Waals surface area contributed by atoms with Crippen LogP contribution in [0.2, 0.25) is 0 Å². The lowest BCUT2D eigenvalue weighted by atomic mass is 10.1. The second kappa shape index (κ2) is 6.99. The van der Waals surface area contributed by atoms with Crippen molar-refractivity contribution in [1.82, 2.24) is 15.1 Å². The Hall–Kier alpha value is -2.54. The van der Waals surface area contributed by atoms with Crippen molar-refractivity contribution in [3.63, 3.8) is 0 Å². The highest BCUT2D eigenvalue weighted by molar-refractivity contribution is 5.99. The SMILES string of the molecule is CC(NC1CCN(c2cnn(C)c2)C1=O)c1ccc2c(c1)OCCCO2. The molecule has 2 unspecified atom stereocenters. The lowest BCUT2D eigenvalue weighted by Gasteiger charge is -2.20. The molecule has 2 aliphatic rings. The van der Waals surface area contributed by atoms with Crippen LogP contribution in [0.5, 0.6) is 11.5 Å². The maximum absolute atomic E-state index is 12.7. The lowest BCUT2D eigenvalue weighted by molar-refractivity contribution is -0.119. The number of ether oxygens (including phenoxy) is 2. The van der Waals surface area contributed by atoms with Crippen LogP contribution in [0.3, 0.4) is 0 Å². The van der Waals surface area contributed by atoms with E-state index in [0.29, 0.717) is 19.8 Å². The normalized spacial score (nSPS) is 20.9. The molecular weight excluding hydrogens is 332 g/mol. The number of aryl methyl sites for hydroxylation is 1. The molecule has 0 spiro atoms. The number of hydrogen-bond acceptors (Lipinski definition) is 5. The van der Waals surface area contributed by atoms with E-state index in [0.717, 1.165) is 35.6 Å². The van der Waals surface area contributed by atoms with Crippen LogP contribution >= 0.6 is 0 Å². The van der Waals surface area contributed by atoms with Gasteiger partial charge in [0.25, 0.3) is 0 Å². The van der Waals surface area contributed by atoms with Crippen LogP contribution in [-0.2, 0) is 11.8 Å². The highest BCUT2D eigenvalue weighted by Crippen LogP contribution is 2.32. The average molecular weight is 356 g/mol. The van der Waals surface area contributed by atoms with Gasteiger partial charge in [-0.3, -0.25) is 14.8 Å². The molecule has 1 amide bonds. The van der Waals surface area contributed by atoms with E-state index >= 15 is 0 Å². The Morgan fingerprint density at radius 3 is 2.85 bits per heavy atom. The Kier molecular flexibility index (Phi) is 4.55. The molecule has 3 heterocycles. The molecule has 2 atom stereocenters. The van der Waals surface area contributed by atoms with Gasteiger partial charge in [0, 0.05) is 32.3 Å². The number of carbonyl (C=O) groups is 1. The molecule has 138 valence electrons. The summed E-state index contributed by atoms with van der Waals surface area (Å²) in [4.78, 5) is 14.5. The van der Waals surface area contributed by atoms with E-state index in [4.69, 9.17) is 9.47 Å². The van der Waals surface area contributed by atoms with Crippen LogP contribution in [0, 0.1) is 0 Å². The van der Waals surface area contributed by atoms with Crippen LogP contribution in [0.25, 0.3) is 0 Å². The molecule has 0 radical (unpaired) electrons. The number of benzene rings is 1. The van der Waals surface area contributed by atoms with E-state index in [-0.39, 0.29) is 18.0 Å². The predicted octanol–water partition coefficient (Wildman–Crippen LogP) is 2.04. The number of carbonyl (C=O) groups excluding carboxylic acids is 1. The zero-order valence-electron chi connectivity index (χ0n) is 15.1. The Morgan fingerprint density at radius 1 is 1.27 bits per heavy atom. The van der Waals surface area contributed by atoms with E-state index in [1.807, 2.05) is 31.4 Å². The fourth-order valence-corrected chi connectivity index (χ4v) is 3.49. The van der Waals surface area contributed by atoms with Crippen molar-refractivity contribution in [3.05, 3.63) is 36.2 Å². The van der Waals surface area contributed by atoms with Gasteiger partial charge in [0.05, 0.1) is 31.1 Å². The molecule has 4 rings (SSSR count). The summed E-state index contributed by atoms with van der Waals surface area (Å²) in [6, 6.07) is 5.84. The van der Waals surface area contributed by atoms with Crippen LogP contribution in [0.1, 0.15) is 31.4 Å². The standard InChI is InChI=1S/C19H24N4O3/c1-13(14-4-5-17-18(10-14)26-9-3-8-25-17)21-16-6-7-23(19(16)24)15-11-20-22(2)12-15/h4-5,10-13,16,21H,3,6-9H2,1-2H3. The first kappa shape index (κ1) is 16.9. The van der Waals surface area contributed by atoms with Gasteiger partial charge in [-0.05, 0) is 31.0 Å². The van der Waals surface area contributed by atoms with E-state index in [9.17, 15) is 4.79 Å². The van der Waals surface area contributed by atoms with Gasteiger partial charge in [0.2, 0.25) is 5.91 Å². The molecule has 7 nitrogen and oxygen atoms in total. The number of hydrogen-bond donors (Lipinski definition) is 1. The summed E-state index contributed by atoms with van der Waals surface area (Å²) in [5.41, 5.74) is 1.94. The number of nitrogens with one attached hydrogen (secondary N) is 1. The van der Waals surface area contributed by atoms with Crippen molar-refractivity contribution >= 4 is 11.6 Å². The third-order valence-electron chi connectivity index (χ3n) is 4.93. The fraction of sp³-hybridized carbons (Fsp3) is 0.474. The van der Waals surface area contributed by atoms with Gasteiger partial charge >= 0.3 is 0 Å². The summed E-state index contributed by atoms with van der Waals surface area (Å²) < 4.78 is 13.2. The van der Waals surface area contributed by atoms with E-state index in [2.05, 4.69) is 17.3 Å². The third-order valence-corrected chi connectivity index (χ3v) is 4.93. The quantitative estimate of drug-likeness (QED) is 0.908. The topological polar surface area (TPSA) is 68.6 Å². The number of anilines is 1. The first-order valence-corrected chi connectivity index (χ1v) is 9.07. The second-order valence-corrected chi connectivity index (χ2v) is 6.85. The Balaban J connectivity index is 1.44. The van der Waals surface area contributed by atoms with Gasteiger partial charge in [-0.1, -0.05) is 6.07 Å². The molecule has 0 saturated carbocycles. The smallest absolute Gasteiger partial charge is 0.244 e. The van der Waals surface area contributed by atoms with Crippen LogP contribution in [-0.4, -0.2) is 41.5 Å². The molecule has 2 aromatic rings. The van der Waals surface area contributed by atoms with E-state index in [1.165, 1.54) is 0 Å². The largest absolute Gasteiger partial charge is 0.490 e. The first-order valence-electron chi connectivity index (χ1n) is 9.07. The van der Waals surface area contributed by atoms with Gasteiger partial charge in [-0.15, -0.1) is 0 Å². The van der Waals surface area contributed by atoms with Gasteiger partial charge in [0.15, 0.2) is 11.5 Å². The molecule has 1 N–H and O–H groups in total. The number of aromatic nitrogens is 2. The van der Waals surface area contributed by atoms with Crippen LogP contribution in [0.4, 0.5) is 5.69 Å². The lowest BCUT2D eigenvalue weighted by Crippen LogP contribution is -2.39. The van der Waals surface area contributed by atoms with Crippen molar-refractivity contribution in [2.45, 2.75) is 31.8 Å². The summed E-state index contributed by atoms with van der Waals surface area (Å²) in [5, 5.41) is 7.61. The minimum atomic E-state index is -0.193. The predicted molar refractivity (Wildman–Crippen MR) is 97.6 cm³/mol. The summed E-state index contributed by atoms with van der Waals surface area (Å²) in [5.74, 6) is 1.67. The molecule has 0 bridgehead atoms. The van der Waals surface area contributed by atoms with Crippen molar-refractivity contribution < 1.29 is 14.3 Å². The van der Waals surface area contributed by atoms with Crippen molar-refractivity contribution in [2.75, 3.05) is 24.7 Å². The Labute approximate surface area is 152 Å². The minimum Gasteiger partial charge on any atom is -0.490 e. The summed E-state index contributed by atoms with van der Waals surface area (Å²) in [7, 11) is 1.85. The van der Waals surface area contributed by atoms with Crippen molar-refractivity contribution in [3.8, 4) is 11.5 Å². The minimum absolute atomic E-state index is 0.0370. The van der Waals surface area contributed by atoms with Crippen molar-refractivity contribution in [2.24, 2.45) is 7.05 Å². The summed E-state index contributed by atoms with van der Waals surface area (Å²) in [6.45, 7) is 4.12. The molecular formula is C19H24N4O3. The molecule has 2 aliphatic heterocycles. The number of fused-ring (bicyclic) bond motifs is 1. The van der Waals surface area contributed by atoms with Gasteiger partial charge in [-0.2, -0.15) is 5.10 Å². The molecule has 1 aromatic carbocycles. The van der Waals surface area contributed by atoms with Gasteiger partial charge in [-0.25, -0.2) is 0 Å². The average Bonchev–Trinajstić information content (AvgIpc) is 3.12. The fourth-order valence-electron chi connectivity index (χ4n) is 3.49. The molecule has 1 aromatic heterocycles. The van der Waals surface area contributed by atoms with Crippen LogP contribution < -0.4 is 19.7 Å². The number of amides is 1. The molecule has 1 fully saturated rings. The molecule has 7 heteroatoms. The zero-order valence-corrected chi connectivity index (χ0v) is 15.1. The summed E-state index contributed by atoms with van der Waals surface area (Å²) in [6.07, 6.45) is 5.27. The van der Waals surface area contributed by atoms with Gasteiger partial charge < -0.3 is 14.4 Å². The van der Waals surface area contributed by atoms with E-state index in [1.54, 1.807) is 15.8 Å². The first-order chi connectivity index (χ1) is 12.6.